The minimum Gasteiger partial charge on any atom is -0.381 e. The lowest BCUT2D eigenvalue weighted by Crippen LogP contribution is -2.66. The van der Waals surface area contributed by atoms with Crippen molar-refractivity contribution in [1.29, 1.82) is 5.41 Å². The molecule has 2 aliphatic heterocycles. The highest BCUT2D eigenvalue weighted by Crippen LogP contribution is 2.65. The number of hydrogen-bond donors (Lipinski definition) is 1. The number of likely N-dealkylation sites (tertiary alicyclic amines) is 1. The van der Waals surface area contributed by atoms with Crippen LogP contribution in [0.4, 0.5) is 0 Å². The molecule has 2 heterocycles. The molecule has 3 aliphatic carbocycles. The van der Waals surface area contributed by atoms with Gasteiger partial charge in [-0.15, -0.1) is 0 Å². The quantitative estimate of drug-likeness (QED) is 0.569. The van der Waals surface area contributed by atoms with Gasteiger partial charge in [-0.2, -0.15) is 0 Å². The van der Waals surface area contributed by atoms with E-state index in [0.717, 1.165) is 63.9 Å². The van der Waals surface area contributed by atoms with Crippen LogP contribution in [0.15, 0.2) is 18.2 Å². The molecular formula is C30H42N2O3. The number of benzene rings is 1. The van der Waals surface area contributed by atoms with Crippen molar-refractivity contribution in [2.45, 2.75) is 102 Å². The van der Waals surface area contributed by atoms with Crippen LogP contribution in [0.5, 0.6) is 0 Å². The number of aryl methyl sites for hydroxylation is 1. The zero-order valence-electron chi connectivity index (χ0n) is 21.6. The molecule has 35 heavy (non-hydrogen) atoms. The Kier molecular flexibility index (Phi) is 6.08. The second-order valence-corrected chi connectivity index (χ2v) is 12.1. The summed E-state index contributed by atoms with van der Waals surface area (Å²) in [5, 5.41) is 8.89. The number of methoxy groups -OCH3 is 1. The van der Waals surface area contributed by atoms with Crippen LogP contribution in [0.25, 0.3) is 0 Å². The summed E-state index contributed by atoms with van der Waals surface area (Å²) in [7, 11) is 1.83. The highest BCUT2D eigenvalue weighted by atomic mass is 16.5. The molecule has 190 valence electrons. The monoisotopic (exact) mass is 478 g/mol. The van der Waals surface area contributed by atoms with Crippen molar-refractivity contribution in [1.82, 2.24) is 4.90 Å². The third-order valence-electron chi connectivity index (χ3n) is 10.4. The first kappa shape index (κ1) is 23.7. The second kappa shape index (κ2) is 8.99. The minimum absolute atomic E-state index is 0.0728. The number of rotatable bonds is 7. The van der Waals surface area contributed by atoms with E-state index in [-0.39, 0.29) is 23.3 Å². The van der Waals surface area contributed by atoms with Crippen molar-refractivity contribution in [2.24, 2.45) is 17.3 Å². The van der Waals surface area contributed by atoms with Gasteiger partial charge in [-0.1, -0.05) is 44.4 Å². The van der Waals surface area contributed by atoms with Gasteiger partial charge in [0.2, 0.25) is 5.91 Å². The summed E-state index contributed by atoms with van der Waals surface area (Å²) in [6, 6.07) is 7.13. The van der Waals surface area contributed by atoms with E-state index in [9.17, 15) is 4.79 Å². The molecule has 0 aromatic heterocycles. The number of carbonyl (C=O) groups excluding carboxylic acids is 1. The molecule has 0 bridgehead atoms. The fourth-order valence-electron chi connectivity index (χ4n) is 8.10. The number of amidine groups is 1. The zero-order valence-corrected chi connectivity index (χ0v) is 21.6. The SMILES string of the molecule is CCC1CC(=N)N(CC2CCO2)C(=O)C12c1cc(CCC3CC3)ccc1CC21CCC(OC)CC1. The summed E-state index contributed by atoms with van der Waals surface area (Å²) >= 11 is 0. The zero-order chi connectivity index (χ0) is 24.2. The maximum atomic E-state index is 14.9. The molecule has 2 saturated heterocycles. The summed E-state index contributed by atoms with van der Waals surface area (Å²) in [5.74, 6) is 1.79. The second-order valence-electron chi connectivity index (χ2n) is 12.1. The number of carbonyl (C=O) groups is 1. The molecule has 4 fully saturated rings. The van der Waals surface area contributed by atoms with E-state index >= 15 is 0 Å². The molecule has 5 nitrogen and oxygen atoms in total. The van der Waals surface area contributed by atoms with Crippen molar-refractivity contribution >= 4 is 11.7 Å². The van der Waals surface area contributed by atoms with Crippen molar-refractivity contribution in [3.05, 3.63) is 34.9 Å². The van der Waals surface area contributed by atoms with Gasteiger partial charge in [-0.25, -0.2) is 0 Å². The van der Waals surface area contributed by atoms with Crippen molar-refractivity contribution in [2.75, 3.05) is 20.3 Å². The average molecular weight is 479 g/mol. The van der Waals surface area contributed by atoms with Crippen LogP contribution < -0.4 is 0 Å². The molecule has 5 aliphatic rings. The molecule has 5 heteroatoms. The fourth-order valence-corrected chi connectivity index (χ4v) is 8.10. The summed E-state index contributed by atoms with van der Waals surface area (Å²) in [6.45, 7) is 3.56. The lowest BCUT2D eigenvalue weighted by molar-refractivity contribution is -0.152. The molecule has 1 aromatic rings. The van der Waals surface area contributed by atoms with Crippen LogP contribution in [0.2, 0.25) is 0 Å². The van der Waals surface area contributed by atoms with Gasteiger partial charge in [0.25, 0.3) is 0 Å². The minimum atomic E-state index is -0.528. The number of nitrogens with one attached hydrogen (secondary N) is 1. The largest absolute Gasteiger partial charge is 0.381 e. The van der Waals surface area contributed by atoms with E-state index in [0.29, 0.717) is 24.9 Å². The molecule has 3 unspecified atom stereocenters. The van der Waals surface area contributed by atoms with Crippen LogP contribution >= 0.6 is 0 Å². The smallest absolute Gasteiger partial charge is 0.239 e. The first-order chi connectivity index (χ1) is 17.0. The highest BCUT2D eigenvalue weighted by molar-refractivity contribution is 6.06. The van der Waals surface area contributed by atoms with Crippen LogP contribution in [0.3, 0.4) is 0 Å². The summed E-state index contributed by atoms with van der Waals surface area (Å²) in [6.07, 6.45) is 13.2. The van der Waals surface area contributed by atoms with E-state index in [1.807, 2.05) is 12.0 Å². The van der Waals surface area contributed by atoms with Crippen LogP contribution in [-0.4, -0.2) is 49.1 Å². The Morgan fingerprint density at radius 3 is 2.57 bits per heavy atom. The van der Waals surface area contributed by atoms with Gasteiger partial charge in [0, 0.05) is 20.1 Å². The van der Waals surface area contributed by atoms with E-state index in [2.05, 4.69) is 25.1 Å². The Morgan fingerprint density at radius 2 is 1.94 bits per heavy atom. The molecule has 2 spiro atoms. The Labute approximate surface area is 210 Å². The van der Waals surface area contributed by atoms with Gasteiger partial charge in [0.15, 0.2) is 0 Å². The Bertz CT molecular complexity index is 989. The number of piperidine rings is 1. The first-order valence-corrected chi connectivity index (χ1v) is 14.2. The van der Waals surface area contributed by atoms with Crippen molar-refractivity contribution < 1.29 is 14.3 Å². The third kappa shape index (κ3) is 3.71. The number of ether oxygens (including phenoxy) is 2. The van der Waals surface area contributed by atoms with E-state index in [1.165, 1.54) is 36.0 Å². The first-order valence-electron chi connectivity index (χ1n) is 14.2. The molecule has 1 N–H and O–H groups in total. The van der Waals surface area contributed by atoms with Crippen LogP contribution in [-0.2, 0) is 32.5 Å². The summed E-state index contributed by atoms with van der Waals surface area (Å²) < 4.78 is 11.5. The molecule has 0 radical (unpaired) electrons. The predicted molar refractivity (Wildman–Crippen MR) is 137 cm³/mol. The predicted octanol–water partition coefficient (Wildman–Crippen LogP) is 5.42. The number of amides is 1. The van der Waals surface area contributed by atoms with Gasteiger partial charge in [-0.3, -0.25) is 15.1 Å². The standard InChI is InChI=1S/C30H42N2O3/c1-3-23-17-27(31)32(19-25-12-15-35-25)28(33)30(23)26-16-21(7-6-20-4-5-20)8-9-22(26)18-29(30)13-10-24(34-2)11-14-29/h8-9,16,20,23-25,31H,3-7,10-15,17-19H2,1-2H3. The highest BCUT2D eigenvalue weighted by Gasteiger charge is 2.68. The fraction of sp³-hybridized carbons (Fsp3) is 0.733. The summed E-state index contributed by atoms with van der Waals surface area (Å²) in [4.78, 5) is 16.7. The lowest BCUT2D eigenvalue weighted by atomic mass is 9.49. The molecule has 1 aromatic carbocycles. The number of fused-ring (bicyclic) bond motifs is 3. The molecule has 6 rings (SSSR count). The Morgan fingerprint density at radius 1 is 1.17 bits per heavy atom. The van der Waals surface area contributed by atoms with Crippen molar-refractivity contribution in [3.63, 3.8) is 0 Å². The molecule has 3 atom stereocenters. The molecule has 1 amide bonds. The van der Waals surface area contributed by atoms with E-state index < -0.39 is 5.41 Å². The van der Waals surface area contributed by atoms with Gasteiger partial charge in [0.1, 0.15) is 5.84 Å². The maximum absolute atomic E-state index is 14.9. The summed E-state index contributed by atoms with van der Waals surface area (Å²) in [5.41, 5.74) is 3.49. The van der Waals surface area contributed by atoms with Gasteiger partial charge < -0.3 is 9.47 Å². The van der Waals surface area contributed by atoms with Gasteiger partial charge >= 0.3 is 0 Å². The topological polar surface area (TPSA) is 62.6 Å². The average Bonchev–Trinajstić information content (AvgIpc) is 3.63. The maximum Gasteiger partial charge on any atom is 0.239 e. The van der Waals surface area contributed by atoms with Crippen LogP contribution in [0.1, 0.15) is 87.8 Å². The van der Waals surface area contributed by atoms with Crippen molar-refractivity contribution in [3.8, 4) is 0 Å². The van der Waals surface area contributed by atoms with Gasteiger partial charge in [0.05, 0.1) is 24.2 Å². The van der Waals surface area contributed by atoms with E-state index in [4.69, 9.17) is 14.9 Å². The Balaban J connectivity index is 1.45. The normalized spacial score (nSPS) is 36.6. The molecule has 2 saturated carbocycles. The number of hydrogen-bond acceptors (Lipinski definition) is 4. The van der Waals surface area contributed by atoms with E-state index in [1.54, 1.807) is 0 Å². The van der Waals surface area contributed by atoms with Gasteiger partial charge in [-0.05, 0) is 85.3 Å². The Hall–Kier alpha value is -1.72. The molecular weight excluding hydrogens is 436 g/mol. The third-order valence-corrected chi connectivity index (χ3v) is 10.4. The lowest BCUT2D eigenvalue weighted by Gasteiger charge is -2.57. The number of nitrogens with zero attached hydrogens (tertiary/aromatic N) is 1. The van der Waals surface area contributed by atoms with Crippen LogP contribution in [0, 0.1) is 22.7 Å².